The van der Waals surface area contributed by atoms with Gasteiger partial charge in [-0.25, -0.2) is 4.98 Å². The van der Waals surface area contributed by atoms with E-state index < -0.39 is 76.7 Å². The number of carbonyl (C=O) groups is 2. The summed E-state index contributed by atoms with van der Waals surface area (Å²) in [5, 5.41) is 48.8. The highest BCUT2D eigenvalue weighted by atomic mass is 16.7. The number of aromatic nitrogens is 1. The molecular weight excluding hydrogens is 901 g/mol. The molecule has 5 heterocycles. The van der Waals surface area contributed by atoms with E-state index in [-0.39, 0.29) is 68.5 Å². The largest absolute Gasteiger partial charge is 0.507 e. The molecule has 2 aromatic rings. The number of aliphatic hydroxyl groups is 3. The van der Waals surface area contributed by atoms with Crippen molar-refractivity contribution < 1.29 is 58.1 Å². The number of ketones is 1. The summed E-state index contributed by atoms with van der Waals surface area (Å²) in [4.78, 5) is 54.3. The molecule has 0 aromatic heterocycles. The number of hydrogen-bond donors (Lipinski definition) is 5. The first-order valence-corrected chi connectivity index (χ1v) is 24.3. The number of Topliss-reactive ketones (excluding diaryl/α,β-unsaturated/α-hetero) is 1. The van der Waals surface area contributed by atoms with Crippen LogP contribution in [0.2, 0.25) is 0 Å². The number of benzene rings is 3. The predicted octanol–water partition coefficient (Wildman–Crippen LogP) is 6.67. The zero-order valence-electron chi connectivity index (χ0n) is 42.4. The van der Waals surface area contributed by atoms with Gasteiger partial charge in [-0.05, 0) is 38.8 Å². The number of aliphatic hydroxyl groups excluding tert-OH is 3. The normalized spacial score (nSPS) is 29.1. The van der Waals surface area contributed by atoms with Gasteiger partial charge in [-0.15, -0.1) is 0 Å². The fourth-order valence-corrected chi connectivity index (χ4v) is 9.94. The molecule has 380 valence electrons. The molecule has 5 aliphatic heterocycles. The van der Waals surface area contributed by atoms with Crippen molar-refractivity contribution in [2.75, 3.05) is 70.4 Å². The summed E-state index contributed by atoms with van der Waals surface area (Å²) < 4.78 is 36.9. The number of anilines is 2. The molecular formula is C53H70N4O13. The maximum atomic E-state index is 15.2. The number of hydrogen-bond acceptors (Lipinski definition) is 16. The number of phenolic OH excluding ortho intramolecular Hbond substituents is 1. The van der Waals surface area contributed by atoms with Gasteiger partial charge in [0, 0.05) is 99.6 Å². The first-order chi connectivity index (χ1) is 33.2. The van der Waals surface area contributed by atoms with Crippen LogP contribution in [0, 0.1) is 30.6 Å². The summed E-state index contributed by atoms with van der Waals surface area (Å²) in [6.07, 6.45) is 3.54. The molecule has 8 rings (SSSR count). The van der Waals surface area contributed by atoms with Crippen molar-refractivity contribution in [3.8, 4) is 28.7 Å². The second kappa shape index (κ2) is 21.0. The molecule has 0 unspecified atom stereocenters. The molecule has 1 saturated heterocycles. The van der Waals surface area contributed by atoms with Crippen LogP contribution in [0.3, 0.4) is 0 Å². The van der Waals surface area contributed by atoms with E-state index in [0.29, 0.717) is 31.0 Å². The van der Waals surface area contributed by atoms with E-state index in [2.05, 4.69) is 15.1 Å². The van der Waals surface area contributed by atoms with Crippen LogP contribution in [0.25, 0.3) is 33.3 Å². The van der Waals surface area contributed by atoms with E-state index in [1.807, 2.05) is 26.8 Å². The Morgan fingerprint density at radius 2 is 1.61 bits per heavy atom. The smallest absolute Gasteiger partial charge is 0.312 e. The fraction of sp³-hybridized carbons (Fsp3) is 0.547. The molecule has 6 aliphatic rings. The molecule has 1 fully saturated rings. The standard InChI is InChI=1S/C53H70N4O13/c1-13-67-48-33(26(2)3)25-34(57-20-18-56(19-21-57)22-24-65-11)39-50(48)69-49-40(54-39)36-37-45(61)32(9)47-38(36)51(63)53(10,70-47)68-23-17-35(66-12)29(6)43(59)31(8)44(60)30(7)42(58)27(4)15-14-16-28(5)52(64)55-41(49)46(37)62/h14-17,23,25-27,29-31,35,42-44,58-61H,13,18-22,24H2,1-12H3,(H,55,64)/b15-14+,23-17+,28-16-/t27-,29+,30+,31-,35-,42-,43+,44+,53-/m0/s1. The fourth-order valence-electron chi connectivity index (χ4n) is 9.94. The van der Waals surface area contributed by atoms with Crippen LogP contribution >= 0.6 is 0 Å². The first-order valence-electron chi connectivity index (χ1n) is 24.3. The number of methoxy groups -OCH3 is 2. The lowest BCUT2D eigenvalue weighted by Gasteiger charge is -2.36. The molecule has 0 radical (unpaired) electrons. The SMILES string of the molecule is CCOc1c(C(C)C)cc(N2CCN(CCOC)CC2)c2nc3c4c5c6c(C)c(O)c4c(=O)c(c-3oc12)NC(=O)/C(C)=C\C=C\[C@H](C)[C@H](O)[C@@H](C)[C@@H](O)[C@@H](C)[C@H](O)[C@H](C)[C@@H](OC)/C=C/O[C@@](C)(O6)C5=O. The Bertz CT molecular complexity index is 2740. The summed E-state index contributed by atoms with van der Waals surface area (Å²) >= 11 is 0. The number of carbonyl (C=O) groups excluding carboxylic acids is 2. The Labute approximate surface area is 409 Å². The molecule has 70 heavy (non-hydrogen) atoms. The van der Waals surface area contributed by atoms with Crippen LogP contribution in [0.1, 0.15) is 89.7 Å². The molecule has 9 atom stereocenters. The van der Waals surface area contributed by atoms with Crippen molar-refractivity contribution in [1.82, 2.24) is 9.88 Å². The number of piperazine rings is 1. The van der Waals surface area contributed by atoms with Gasteiger partial charge in [-0.2, -0.15) is 0 Å². The molecule has 17 heteroatoms. The van der Waals surface area contributed by atoms with Crippen molar-refractivity contribution in [3.63, 3.8) is 0 Å². The molecule has 0 saturated carbocycles. The van der Waals surface area contributed by atoms with Crippen LogP contribution in [0.5, 0.6) is 17.2 Å². The van der Waals surface area contributed by atoms with E-state index in [1.54, 1.807) is 53.9 Å². The van der Waals surface area contributed by atoms with Crippen molar-refractivity contribution in [2.24, 2.45) is 23.7 Å². The van der Waals surface area contributed by atoms with Gasteiger partial charge in [0.15, 0.2) is 17.1 Å². The van der Waals surface area contributed by atoms with Gasteiger partial charge < -0.3 is 58.7 Å². The van der Waals surface area contributed by atoms with Gasteiger partial charge in [-0.1, -0.05) is 59.8 Å². The minimum atomic E-state index is -2.04. The molecule has 2 aromatic carbocycles. The average molecular weight is 971 g/mol. The molecule has 1 amide bonds. The summed E-state index contributed by atoms with van der Waals surface area (Å²) in [6.45, 7) is 21.7. The van der Waals surface area contributed by atoms with E-state index in [0.717, 1.165) is 30.9 Å². The summed E-state index contributed by atoms with van der Waals surface area (Å²) in [6, 6.07) is 2.04. The van der Waals surface area contributed by atoms with Crippen LogP contribution in [0.15, 0.2) is 51.4 Å². The number of nitrogens with zero attached hydrogens (tertiary/aromatic N) is 3. The van der Waals surface area contributed by atoms with Crippen molar-refractivity contribution >= 4 is 44.9 Å². The topological polar surface area (TPSA) is 223 Å². The Morgan fingerprint density at radius 3 is 2.26 bits per heavy atom. The van der Waals surface area contributed by atoms with Gasteiger partial charge in [0.2, 0.25) is 5.43 Å². The zero-order chi connectivity index (χ0) is 51.1. The quantitative estimate of drug-likeness (QED) is 0.0919. The van der Waals surface area contributed by atoms with Gasteiger partial charge in [0.05, 0.1) is 60.5 Å². The second-order valence-electron chi connectivity index (χ2n) is 19.5. The molecule has 17 nitrogen and oxygen atoms in total. The van der Waals surface area contributed by atoms with E-state index in [1.165, 1.54) is 39.4 Å². The van der Waals surface area contributed by atoms with Crippen LogP contribution in [-0.4, -0.2) is 132 Å². The molecule has 1 aliphatic carbocycles. The first kappa shape index (κ1) is 52.3. The number of nitrogens with one attached hydrogen (secondary N) is 1. The minimum Gasteiger partial charge on any atom is -0.507 e. The number of amides is 1. The lowest BCUT2D eigenvalue weighted by Crippen LogP contribution is -2.47. The summed E-state index contributed by atoms with van der Waals surface area (Å²) in [5.41, 5.74) is 1.12. The highest BCUT2D eigenvalue weighted by molar-refractivity contribution is 6.22. The van der Waals surface area contributed by atoms with Gasteiger partial charge >= 0.3 is 5.79 Å². The minimum absolute atomic E-state index is 0.00750. The lowest BCUT2D eigenvalue weighted by atomic mass is 9.78. The highest BCUT2D eigenvalue weighted by Crippen LogP contribution is 2.52. The highest BCUT2D eigenvalue weighted by Gasteiger charge is 2.50. The van der Waals surface area contributed by atoms with Gasteiger partial charge in [-0.3, -0.25) is 19.3 Å². The predicted molar refractivity (Wildman–Crippen MR) is 267 cm³/mol. The van der Waals surface area contributed by atoms with Crippen molar-refractivity contribution in [1.29, 1.82) is 0 Å². The van der Waals surface area contributed by atoms with Crippen LogP contribution < -0.4 is 25.1 Å². The maximum Gasteiger partial charge on any atom is 0.312 e. The third-order valence-electron chi connectivity index (χ3n) is 14.6. The maximum absolute atomic E-state index is 15.2. The van der Waals surface area contributed by atoms with Crippen LogP contribution in [-0.2, 0) is 19.0 Å². The number of phenols is 1. The number of aromatic hydroxyl groups is 1. The summed E-state index contributed by atoms with van der Waals surface area (Å²) in [5.74, 6) is -6.27. The molecule has 0 spiro atoms. The number of rotatable bonds is 8. The van der Waals surface area contributed by atoms with E-state index in [4.69, 9.17) is 33.1 Å². The Balaban J connectivity index is 1.52. The second-order valence-corrected chi connectivity index (χ2v) is 19.5. The number of fused-ring (bicyclic) bond motifs is 14. The van der Waals surface area contributed by atoms with Gasteiger partial charge in [0.1, 0.15) is 28.4 Å². The van der Waals surface area contributed by atoms with E-state index >= 15 is 9.59 Å². The summed E-state index contributed by atoms with van der Waals surface area (Å²) in [7, 11) is 3.14. The van der Waals surface area contributed by atoms with Crippen LogP contribution in [0.4, 0.5) is 11.4 Å². The third-order valence-corrected chi connectivity index (χ3v) is 14.6. The monoisotopic (exact) mass is 970 g/mol. The van der Waals surface area contributed by atoms with Gasteiger partial charge in [0.25, 0.3) is 11.7 Å². The van der Waals surface area contributed by atoms with E-state index in [9.17, 15) is 25.2 Å². The Hall–Kier alpha value is -5.56. The average Bonchev–Trinajstić information content (AvgIpc) is 3.61. The molecule has 5 N–H and O–H groups in total. The number of allylic oxidation sites excluding steroid dienone is 2. The number of ether oxygens (including phenoxy) is 5. The van der Waals surface area contributed by atoms with Crippen molar-refractivity contribution in [2.45, 2.75) is 105 Å². The van der Waals surface area contributed by atoms with Crippen molar-refractivity contribution in [3.05, 3.63) is 69.1 Å². The Kier molecular flexibility index (Phi) is 15.7. The molecule has 5 bridgehead atoms. The lowest BCUT2D eigenvalue weighted by molar-refractivity contribution is -0.112. The Morgan fingerprint density at radius 1 is 0.943 bits per heavy atom. The third kappa shape index (κ3) is 9.51. The zero-order valence-corrected chi connectivity index (χ0v) is 42.4.